The molecule has 20 heavy (non-hydrogen) atoms. The summed E-state index contributed by atoms with van der Waals surface area (Å²) in [6, 6.07) is 3.50. The summed E-state index contributed by atoms with van der Waals surface area (Å²) in [5, 5.41) is 3.79. The number of aromatic nitrogens is 2. The van der Waals surface area contributed by atoms with Crippen LogP contribution in [0, 0.1) is 13.8 Å². The van der Waals surface area contributed by atoms with E-state index in [1.807, 2.05) is 19.1 Å². The second-order valence-corrected chi connectivity index (χ2v) is 5.97. The first-order valence-electron chi connectivity index (χ1n) is 6.40. The fraction of sp³-hybridized carbons (Fsp3) is 0.462. The highest BCUT2D eigenvalue weighted by molar-refractivity contribution is 7.13. The maximum absolute atomic E-state index is 12.6. The van der Waals surface area contributed by atoms with Crippen molar-refractivity contribution in [2.75, 3.05) is 19.8 Å². The number of aryl methyl sites for hydroxylation is 2. The van der Waals surface area contributed by atoms with Crippen molar-refractivity contribution in [2.45, 2.75) is 19.9 Å². The van der Waals surface area contributed by atoms with Gasteiger partial charge in [-0.2, -0.15) is 4.98 Å². The van der Waals surface area contributed by atoms with Gasteiger partial charge in [0.05, 0.1) is 18.1 Å². The summed E-state index contributed by atoms with van der Waals surface area (Å²) in [5.74, 6) is 0.987. The summed E-state index contributed by atoms with van der Waals surface area (Å²) < 4.78 is 10.6. The summed E-state index contributed by atoms with van der Waals surface area (Å²) in [6.45, 7) is 5.18. The fourth-order valence-corrected chi connectivity index (χ4v) is 3.01. The Morgan fingerprint density at radius 2 is 2.30 bits per heavy atom. The van der Waals surface area contributed by atoms with Crippen LogP contribution >= 0.6 is 11.3 Å². The number of thiophene rings is 1. The largest absolute Gasteiger partial charge is 0.377 e. The predicted molar refractivity (Wildman–Crippen MR) is 72.7 cm³/mol. The number of hydrogen-bond donors (Lipinski definition) is 0. The Morgan fingerprint density at radius 3 is 2.95 bits per heavy atom. The van der Waals surface area contributed by atoms with E-state index in [1.54, 1.807) is 11.8 Å². The van der Waals surface area contributed by atoms with Gasteiger partial charge < -0.3 is 14.2 Å². The van der Waals surface area contributed by atoms with Gasteiger partial charge in [0.25, 0.3) is 11.8 Å². The standard InChI is InChI=1S/C13H15N3O3S/c1-8-3-4-11(20-8)13(17)16-5-6-18-7-10(16)12-14-9(2)15-19-12/h3-4,10H,5-7H2,1-2H3. The number of nitrogens with zero attached hydrogens (tertiary/aromatic N) is 3. The quantitative estimate of drug-likeness (QED) is 0.846. The first-order chi connectivity index (χ1) is 9.65. The summed E-state index contributed by atoms with van der Waals surface area (Å²) in [6.07, 6.45) is 0. The van der Waals surface area contributed by atoms with E-state index in [0.29, 0.717) is 31.5 Å². The van der Waals surface area contributed by atoms with E-state index in [0.717, 1.165) is 9.75 Å². The minimum Gasteiger partial charge on any atom is -0.377 e. The molecule has 2 aromatic heterocycles. The number of amides is 1. The molecule has 1 fully saturated rings. The van der Waals surface area contributed by atoms with Gasteiger partial charge in [-0.25, -0.2) is 0 Å². The minimum atomic E-state index is -0.306. The molecule has 1 atom stereocenters. The Morgan fingerprint density at radius 1 is 1.45 bits per heavy atom. The number of carbonyl (C=O) groups is 1. The topological polar surface area (TPSA) is 68.5 Å². The lowest BCUT2D eigenvalue weighted by Gasteiger charge is -2.32. The lowest BCUT2D eigenvalue weighted by Crippen LogP contribution is -2.43. The van der Waals surface area contributed by atoms with E-state index in [9.17, 15) is 4.79 Å². The van der Waals surface area contributed by atoms with Gasteiger partial charge in [0, 0.05) is 11.4 Å². The average molecular weight is 293 g/mol. The molecule has 106 valence electrons. The molecule has 1 unspecified atom stereocenters. The van der Waals surface area contributed by atoms with E-state index in [-0.39, 0.29) is 11.9 Å². The Labute approximate surface area is 120 Å². The van der Waals surface area contributed by atoms with Crippen molar-refractivity contribution in [3.8, 4) is 0 Å². The van der Waals surface area contributed by atoms with E-state index in [4.69, 9.17) is 9.26 Å². The first kappa shape index (κ1) is 13.3. The van der Waals surface area contributed by atoms with Crippen LogP contribution < -0.4 is 0 Å². The number of ether oxygens (including phenoxy) is 1. The maximum Gasteiger partial charge on any atom is 0.264 e. The van der Waals surface area contributed by atoms with E-state index >= 15 is 0 Å². The summed E-state index contributed by atoms with van der Waals surface area (Å²) in [7, 11) is 0. The molecule has 0 spiro atoms. The minimum absolute atomic E-state index is 0.00717. The molecule has 2 aromatic rings. The monoisotopic (exact) mass is 293 g/mol. The molecule has 0 radical (unpaired) electrons. The van der Waals surface area contributed by atoms with Crippen molar-refractivity contribution < 1.29 is 14.1 Å². The number of morpholine rings is 1. The number of carbonyl (C=O) groups excluding carboxylic acids is 1. The summed E-state index contributed by atoms with van der Waals surface area (Å²) in [5.41, 5.74) is 0. The van der Waals surface area contributed by atoms with Crippen molar-refractivity contribution >= 4 is 17.2 Å². The van der Waals surface area contributed by atoms with E-state index < -0.39 is 0 Å². The van der Waals surface area contributed by atoms with Crippen LogP contribution in [0.1, 0.15) is 32.3 Å². The van der Waals surface area contributed by atoms with Crippen molar-refractivity contribution in [1.82, 2.24) is 15.0 Å². The number of rotatable bonds is 2. The molecule has 0 aromatic carbocycles. The molecule has 0 bridgehead atoms. The summed E-state index contributed by atoms with van der Waals surface area (Å²) >= 11 is 1.49. The Balaban J connectivity index is 1.87. The Hall–Kier alpha value is -1.73. The molecule has 0 aliphatic carbocycles. The molecule has 1 aliphatic rings. The normalized spacial score (nSPS) is 19.3. The summed E-state index contributed by atoms with van der Waals surface area (Å²) in [4.78, 5) is 20.4. The molecule has 6 nitrogen and oxygen atoms in total. The highest BCUT2D eigenvalue weighted by Crippen LogP contribution is 2.27. The molecule has 0 N–H and O–H groups in total. The first-order valence-corrected chi connectivity index (χ1v) is 7.22. The third kappa shape index (κ3) is 2.46. The van der Waals surface area contributed by atoms with Gasteiger partial charge in [-0.1, -0.05) is 5.16 Å². The van der Waals surface area contributed by atoms with Gasteiger partial charge in [0.15, 0.2) is 5.82 Å². The molecule has 3 heterocycles. The van der Waals surface area contributed by atoms with Crippen LogP contribution in [-0.4, -0.2) is 40.7 Å². The average Bonchev–Trinajstić information content (AvgIpc) is 3.07. The highest BCUT2D eigenvalue weighted by Gasteiger charge is 2.33. The van der Waals surface area contributed by atoms with Crippen LogP contribution in [0.3, 0.4) is 0 Å². The number of hydrogen-bond acceptors (Lipinski definition) is 6. The molecule has 1 amide bonds. The smallest absolute Gasteiger partial charge is 0.264 e. The Bertz CT molecular complexity index is 622. The van der Waals surface area contributed by atoms with Crippen molar-refractivity contribution in [3.05, 3.63) is 33.6 Å². The second-order valence-electron chi connectivity index (χ2n) is 4.68. The van der Waals surface area contributed by atoms with Gasteiger partial charge in [-0.05, 0) is 26.0 Å². The van der Waals surface area contributed by atoms with Crippen LogP contribution in [0.2, 0.25) is 0 Å². The van der Waals surface area contributed by atoms with Crippen LogP contribution in [0.15, 0.2) is 16.7 Å². The van der Waals surface area contributed by atoms with Gasteiger partial charge in [-0.15, -0.1) is 11.3 Å². The van der Waals surface area contributed by atoms with Crippen LogP contribution in [0.4, 0.5) is 0 Å². The van der Waals surface area contributed by atoms with Gasteiger partial charge >= 0.3 is 0 Å². The zero-order valence-electron chi connectivity index (χ0n) is 11.3. The molecule has 0 saturated carbocycles. The maximum atomic E-state index is 12.6. The third-order valence-electron chi connectivity index (χ3n) is 3.17. The zero-order chi connectivity index (χ0) is 14.1. The molecular weight excluding hydrogens is 278 g/mol. The fourth-order valence-electron chi connectivity index (χ4n) is 2.19. The van der Waals surface area contributed by atoms with Gasteiger partial charge in [0.2, 0.25) is 0 Å². The van der Waals surface area contributed by atoms with Crippen molar-refractivity contribution in [3.63, 3.8) is 0 Å². The van der Waals surface area contributed by atoms with E-state index in [1.165, 1.54) is 11.3 Å². The predicted octanol–water partition coefficient (Wildman–Crippen LogP) is 1.96. The third-order valence-corrected chi connectivity index (χ3v) is 4.16. The van der Waals surface area contributed by atoms with Crippen molar-refractivity contribution in [2.24, 2.45) is 0 Å². The van der Waals surface area contributed by atoms with Crippen LogP contribution in [0.25, 0.3) is 0 Å². The highest BCUT2D eigenvalue weighted by atomic mass is 32.1. The van der Waals surface area contributed by atoms with Crippen LogP contribution in [-0.2, 0) is 4.74 Å². The van der Waals surface area contributed by atoms with E-state index in [2.05, 4.69) is 10.1 Å². The van der Waals surface area contributed by atoms with Gasteiger partial charge in [-0.3, -0.25) is 4.79 Å². The Kier molecular flexibility index (Phi) is 3.54. The molecule has 1 aliphatic heterocycles. The van der Waals surface area contributed by atoms with Crippen LogP contribution in [0.5, 0.6) is 0 Å². The lowest BCUT2D eigenvalue weighted by molar-refractivity contribution is -0.0116. The molecule has 7 heteroatoms. The lowest BCUT2D eigenvalue weighted by atomic mass is 10.2. The molecular formula is C13H15N3O3S. The van der Waals surface area contributed by atoms with Crippen molar-refractivity contribution in [1.29, 1.82) is 0 Å². The SMILES string of the molecule is Cc1noc(C2COCCN2C(=O)c2ccc(C)s2)n1. The zero-order valence-corrected chi connectivity index (χ0v) is 12.1. The van der Waals surface area contributed by atoms with Gasteiger partial charge in [0.1, 0.15) is 6.04 Å². The molecule has 3 rings (SSSR count). The second kappa shape index (κ2) is 5.34. The molecule has 1 saturated heterocycles.